The van der Waals surface area contributed by atoms with Gasteiger partial charge < -0.3 is 9.47 Å². The van der Waals surface area contributed by atoms with Gasteiger partial charge in [0.25, 0.3) is 0 Å². The van der Waals surface area contributed by atoms with Crippen molar-refractivity contribution < 1.29 is 9.47 Å². The zero-order chi connectivity index (χ0) is 19.1. The Morgan fingerprint density at radius 1 is 0.926 bits per heavy atom. The molecule has 0 aliphatic carbocycles. The Labute approximate surface area is 160 Å². The van der Waals surface area contributed by atoms with E-state index in [9.17, 15) is 0 Å². The molecule has 4 heteroatoms. The van der Waals surface area contributed by atoms with Crippen molar-refractivity contribution in [1.82, 2.24) is 0 Å². The van der Waals surface area contributed by atoms with Gasteiger partial charge in [-0.05, 0) is 66.4 Å². The fraction of sp³-hybridized carbons (Fsp3) is 0.174. The highest BCUT2D eigenvalue weighted by Crippen LogP contribution is 2.29. The third kappa shape index (κ3) is 4.88. The van der Waals surface area contributed by atoms with Crippen molar-refractivity contribution in [2.24, 2.45) is 5.10 Å². The second kappa shape index (κ2) is 8.90. The first kappa shape index (κ1) is 18.5. The molecule has 138 valence electrons. The van der Waals surface area contributed by atoms with Crippen LogP contribution < -0.4 is 14.9 Å². The number of ether oxygens (including phenoxy) is 2. The largest absolute Gasteiger partial charge is 0.493 e. The Balaban J connectivity index is 1.67. The van der Waals surface area contributed by atoms with Crippen LogP contribution in [0.1, 0.15) is 22.3 Å². The van der Waals surface area contributed by atoms with E-state index < -0.39 is 0 Å². The lowest BCUT2D eigenvalue weighted by Gasteiger charge is -2.13. The fourth-order valence-electron chi connectivity index (χ4n) is 2.70. The lowest BCUT2D eigenvalue weighted by atomic mass is 10.0. The Bertz CT molecular complexity index is 921. The molecule has 0 heterocycles. The molecule has 0 unspecified atom stereocenters. The molecule has 3 rings (SSSR count). The van der Waals surface area contributed by atoms with E-state index in [1.165, 1.54) is 16.7 Å². The third-order valence-corrected chi connectivity index (χ3v) is 4.47. The van der Waals surface area contributed by atoms with Crippen molar-refractivity contribution in [3.05, 3.63) is 89.0 Å². The Kier molecular flexibility index (Phi) is 6.10. The van der Waals surface area contributed by atoms with Crippen LogP contribution in [0.4, 0.5) is 5.69 Å². The summed E-state index contributed by atoms with van der Waals surface area (Å²) in [4.78, 5) is 0. The van der Waals surface area contributed by atoms with Crippen molar-refractivity contribution in [2.75, 3.05) is 12.5 Å². The van der Waals surface area contributed by atoms with Crippen LogP contribution in [0, 0.1) is 13.8 Å². The molecule has 3 aromatic rings. The average molecular weight is 360 g/mol. The number of anilines is 1. The van der Waals surface area contributed by atoms with Gasteiger partial charge in [-0.15, -0.1) is 0 Å². The van der Waals surface area contributed by atoms with Crippen LogP contribution >= 0.6 is 0 Å². The molecule has 0 bridgehead atoms. The summed E-state index contributed by atoms with van der Waals surface area (Å²) in [6.07, 6.45) is 1.75. The van der Waals surface area contributed by atoms with Crippen LogP contribution in [0.2, 0.25) is 0 Å². The predicted molar refractivity (Wildman–Crippen MR) is 111 cm³/mol. The number of nitrogens with one attached hydrogen (secondary N) is 1. The molecule has 0 radical (unpaired) electrons. The monoisotopic (exact) mass is 360 g/mol. The SMILES string of the molecule is COc1cc(C=NNc2ccccc2)ccc1OCc1cccc(C)c1C. The number of hydrazone groups is 1. The fourth-order valence-corrected chi connectivity index (χ4v) is 2.70. The zero-order valence-electron chi connectivity index (χ0n) is 15.9. The summed E-state index contributed by atoms with van der Waals surface area (Å²) in [5.74, 6) is 1.40. The molecular weight excluding hydrogens is 336 g/mol. The number of aryl methyl sites for hydroxylation is 1. The molecule has 4 nitrogen and oxygen atoms in total. The topological polar surface area (TPSA) is 42.8 Å². The Morgan fingerprint density at radius 3 is 2.52 bits per heavy atom. The van der Waals surface area contributed by atoms with Gasteiger partial charge in [-0.25, -0.2) is 0 Å². The van der Waals surface area contributed by atoms with Crippen LogP contribution in [-0.4, -0.2) is 13.3 Å². The van der Waals surface area contributed by atoms with E-state index in [0.29, 0.717) is 18.1 Å². The van der Waals surface area contributed by atoms with E-state index in [0.717, 1.165) is 11.3 Å². The molecule has 0 fully saturated rings. The summed E-state index contributed by atoms with van der Waals surface area (Å²) in [7, 11) is 1.64. The summed E-state index contributed by atoms with van der Waals surface area (Å²) in [5, 5.41) is 4.26. The van der Waals surface area contributed by atoms with Gasteiger partial charge in [0.05, 0.1) is 19.0 Å². The van der Waals surface area contributed by atoms with Crippen LogP contribution in [-0.2, 0) is 6.61 Å². The number of para-hydroxylation sites is 1. The third-order valence-electron chi connectivity index (χ3n) is 4.47. The van der Waals surface area contributed by atoms with Gasteiger partial charge in [0.2, 0.25) is 0 Å². The Hall–Kier alpha value is -3.27. The summed E-state index contributed by atoms with van der Waals surface area (Å²) in [5.41, 5.74) is 8.56. The van der Waals surface area contributed by atoms with Gasteiger partial charge in [-0.1, -0.05) is 36.4 Å². The summed E-state index contributed by atoms with van der Waals surface area (Å²) in [6, 6.07) is 21.8. The maximum Gasteiger partial charge on any atom is 0.161 e. The molecule has 0 saturated carbocycles. The van der Waals surface area contributed by atoms with Gasteiger partial charge >= 0.3 is 0 Å². The number of benzene rings is 3. The highest BCUT2D eigenvalue weighted by Gasteiger charge is 2.07. The van der Waals surface area contributed by atoms with Gasteiger partial charge in [0, 0.05) is 0 Å². The van der Waals surface area contributed by atoms with Crippen molar-refractivity contribution in [1.29, 1.82) is 0 Å². The lowest BCUT2D eigenvalue weighted by molar-refractivity contribution is 0.284. The number of rotatable bonds is 7. The first-order valence-electron chi connectivity index (χ1n) is 8.87. The molecule has 27 heavy (non-hydrogen) atoms. The van der Waals surface area contributed by atoms with E-state index >= 15 is 0 Å². The quantitative estimate of drug-likeness (QED) is 0.457. The normalized spacial score (nSPS) is 10.8. The predicted octanol–water partition coefficient (Wildman–Crippen LogP) is 5.34. The lowest BCUT2D eigenvalue weighted by Crippen LogP contribution is -2.01. The molecule has 3 aromatic carbocycles. The van der Waals surface area contributed by atoms with Gasteiger partial charge in [-0.2, -0.15) is 5.10 Å². The maximum atomic E-state index is 5.99. The molecule has 1 N–H and O–H groups in total. The number of hydrogen-bond acceptors (Lipinski definition) is 4. The average Bonchev–Trinajstić information content (AvgIpc) is 2.70. The Morgan fingerprint density at radius 2 is 1.74 bits per heavy atom. The highest BCUT2D eigenvalue weighted by atomic mass is 16.5. The second-order valence-corrected chi connectivity index (χ2v) is 6.29. The van der Waals surface area contributed by atoms with E-state index in [1.807, 2.05) is 48.5 Å². The molecule has 0 spiro atoms. The van der Waals surface area contributed by atoms with Crippen molar-refractivity contribution in [3.8, 4) is 11.5 Å². The highest BCUT2D eigenvalue weighted by molar-refractivity contribution is 5.81. The first-order chi connectivity index (χ1) is 13.2. The van der Waals surface area contributed by atoms with Crippen LogP contribution in [0.5, 0.6) is 11.5 Å². The molecule has 0 aliphatic rings. The first-order valence-corrected chi connectivity index (χ1v) is 8.87. The maximum absolute atomic E-state index is 5.99. The molecule has 0 atom stereocenters. The van der Waals surface area contributed by atoms with Crippen LogP contribution in [0.3, 0.4) is 0 Å². The van der Waals surface area contributed by atoms with E-state index in [1.54, 1.807) is 13.3 Å². The van der Waals surface area contributed by atoms with Crippen molar-refractivity contribution in [3.63, 3.8) is 0 Å². The molecule has 0 amide bonds. The minimum atomic E-state index is 0.507. The molecule has 0 aromatic heterocycles. The molecule has 0 saturated heterocycles. The minimum Gasteiger partial charge on any atom is -0.493 e. The van der Waals surface area contributed by atoms with Gasteiger partial charge in [0.1, 0.15) is 6.61 Å². The number of hydrogen-bond donors (Lipinski definition) is 1. The van der Waals surface area contributed by atoms with Crippen LogP contribution in [0.25, 0.3) is 0 Å². The van der Waals surface area contributed by atoms with Gasteiger partial charge in [0.15, 0.2) is 11.5 Å². The van der Waals surface area contributed by atoms with Crippen molar-refractivity contribution >= 4 is 11.9 Å². The summed E-state index contributed by atoms with van der Waals surface area (Å²) >= 11 is 0. The number of methoxy groups -OCH3 is 1. The zero-order valence-corrected chi connectivity index (χ0v) is 15.9. The van der Waals surface area contributed by atoms with Crippen molar-refractivity contribution in [2.45, 2.75) is 20.5 Å². The molecule has 0 aliphatic heterocycles. The number of nitrogens with zero attached hydrogens (tertiary/aromatic N) is 1. The van der Waals surface area contributed by atoms with Crippen LogP contribution in [0.15, 0.2) is 71.8 Å². The van der Waals surface area contributed by atoms with E-state index in [-0.39, 0.29) is 0 Å². The minimum absolute atomic E-state index is 0.507. The van der Waals surface area contributed by atoms with Gasteiger partial charge in [-0.3, -0.25) is 5.43 Å². The molecular formula is C23H24N2O2. The summed E-state index contributed by atoms with van der Waals surface area (Å²) in [6.45, 7) is 4.73. The smallest absolute Gasteiger partial charge is 0.161 e. The standard InChI is InChI=1S/C23H24N2O2/c1-17-8-7-9-20(18(17)2)16-27-22-13-12-19(14-23(22)26-3)15-24-25-21-10-5-4-6-11-21/h4-15,25H,16H2,1-3H3. The summed E-state index contributed by atoms with van der Waals surface area (Å²) < 4.78 is 11.5. The van der Waals surface area contributed by atoms with E-state index in [4.69, 9.17) is 9.47 Å². The second-order valence-electron chi connectivity index (χ2n) is 6.29. The van der Waals surface area contributed by atoms with E-state index in [2.05, 4.69) is 42.6 Å².